The standard InChI is InChI=1S/C8H8ClFN4O3S/c9-5-2-6(13-8(11)12-5)14-3-4(1-7(14)15)18(10,16)17/h2,4H,1,3H2,(H2,11,12,13). The molecule has 1 unspecified atom stereocenters. The van der Waals surface area contributed by atoms with Crippen LogP contribution in [0.2, 0.25) is 5.15 Å². The largest absolute Gasteiger partial charge is 0.368 e. The van der Waals surface area contributed by atoms with Crippen LogP contribution in [0.1, 0.15) is 6.42 Å². The maximum absolute atomic E-state index is 12.8. The van der Waals surface area contributed by atoms with E-state index < -0.39 is 27.8 Å². The van der Waals surface area contributed by atoms with Crippen molar-refractivity contribution in [1.82, 2.24) is 9.97 Å². The molecule has 1 aromatic rings. The average molecular weight is 295 g/mol. The zero-order valence-corrected chi connectivity index (χ0v) is 10.4. The smallest absolute Gasteiger partial charge is 0.307 e. The van der Waals surface area contributed by atoms with Crippen LogP contribution in [0.25, 0.3) is 0 Å². The molecular formula is C8H8ClFN4O3S. The van der Waals surface area contributed by atoms with Crippen LogP contribution in [-0.4, -0.2) is 36.1 Å². The summed E-state index contributed by atoms with van der Waals surface area (Å²) in [7, 11) is -4.77. The van der Waals surface area contributed by atoms with Crippen LogP contribution in [0.15, 0.2) is 6.07 Å². The third kappa shape index (κ3) is 2.51. The number of anilines is 2. The highest BCUT2D eigenvalue weighted by Crippen LogP contribution is 2.26. The van der Waals surface area contributed by atoms with Crippen molar-refractivity contribution >= 4 is 39.5 Å². The minimum absolute atomic E-state index is 0.0110. The third-order valence-corrected chi connectivity index (χ3v) is 3.77. The van der Waals surface area contributed by atoms with E-state index in [1.54, 1.807) is 0 Å². The van der Waals surface area contributed by atoms with Crippen LogP contribution in [0.3, 0.4) is 0 Å². The Labute approximate surface area is 107 Å². The number of amides is 1. The van der Waals surface area contributed by atoms with Crippen molar-refractivity contribution in [3.8, 4) is 0 Å². The van der Waals surface area contributed by atoms with E-state index in [0.717, 1.165) is 4.90 Å². The van der Waals surface area contributed by atoms with Crippen molar-refractivity contribution in [3.05, 3.63) is 11.2 Å². The third-order valence-electron chi connectivity index (χ3n) is 2.46. The topological polar surface area (TPSA) is 106 Å². The van der Waals surface area contributed by atoms with Crippen LogP contribution in [0.4, 0.5) is 15.7 Å². The second-order valence-electron chi connectivity index (χ2n) is 3.71. The first-order valence-electron chi connectivity index (χ1n) is 4.81. The first kappa shape index (κ1) is 13.0. The number of aromatic nitrogens is 2. The van der Waals surface area contributed by atoms with E-state index in [-0.39, 0.29) is 23.5 Å². The van der Waals surface area contributed by atoms with E-state index >= 15 is 0 Å². The first-order valence-corrected chi connectivity index (χ1v) is 6.64. The summed E-state index contributed by atoms with van der Waals surface area (Å²) in [6.07, 6.45) is -0.430. The fourth-order valence-corrected chi connectivity index (χ4v) is 2.50. The molecule has 2 heterocycles. The Bertz CT molecular complexity index is 588. The van der Waals surface area contributed by atoms with Gasteiger partial charge in [-0.05, 0) is 0 Å². The lowest BCUT2D eigenvalue weighted by atomic mass is 10.4. The first-order chi connectivity index (χ1) is 8.27. The second kappa shape index (κ2) is 4.32. The monoisotopic (exact) mass is 294 g/mol. The number of hydrogen-bond acceptors (Lipinski definition) is 6. The fourth-order valence-electron chi connectivity index (χ4n) is 1.65. The Kier molecular flexibility index (Phi) is 3.11. The normalized spacial score (nSPS) is 20.4. The predicted octanol–water partition coefficient (Wildman–Crippen LogP) is 0.117. The van der Waals surface area contributed by atoms with Gasteiger partial charge in [0.2, 0.25) is 11.9 Å². The van der Waals surface area contributed by atoms with Gasteiger partial charge in [-0.1, -0.05) is 11.6 Å². The molecule has 7 nitrogen and oxygen atoms in total. The summed E-state index contributed by atoms with van der Waals surface area (Å²) in [5, 5.41) is -1.38. The van der Waals surface area contributed by atoms with Crippen molar-refractivity contribution in [2.75, 3.05) is 17.2 Å². The molecule has 1 saturated heterocycles. The van der Waals surface area contributed by atoms with Crippen molar-refractivity contribution in [2.45, 2.75) is 11.7 Å². The summed E-state index contributed by atoms with van der Waals surface area (Å²) in [6, 6.07) is 1.25. The summed E-state index contributed by atoms with van der Waals surface area (Å²) in [5.41, 5.74) is 5.36. The van der Waals surface area contributed by atoms with Crippen LogP contribution >= 0.6 is 11.6 Å². The Morgan fingerprint density at radius 2 is 2.17 bits per heavy atom. The van der Waals surface area contributed by atoms with Gasteiger partial charge in [-0.2, -0.15) is 13.4 Å². The molecule has 0 spiro atoms. The van der Waals surface area contributed by atoms with Crippen LogP contribution < -0.4 is 10.6 Å². The lowest BCUT2D eigenvalue weighted by molar-refractivity contribution is -0.117. The predicted molar refractivity (Wildman–Crippen MR) is 62.2 cm³/mol. The highest BCUT2D eigenvalue weighted by atomic mass is 35.5. The molecule has 0 radical (unpaired) electrons. The van der Waals surface area contributed by atoms with E-state index in [1.807, 2.05) is 0 Å². The quantitative estimate of drug-likeness (QED) is 0.613. The number of halogens is 2. The highest BCUT2D eigenvalue weighted by molar-refractivity contribution is 7.87. The van der Waals surface area contributed by atoms with Crippen molar-refractivity contribution < 1.29 is 17.1 Å². The molecule has 0 bridgehead atoms. The number of nitrogen functional groups attached to an aromatic ring is 1. The van der Waals surface area contributed by atoms with E-state index in [4.69, 9.17) is 17.3 Å². The Balaban J connectivity index is 2.32. The van der Waals surface area contributed by atoms with Crippen LogP contribution in [0, 0.1) is 0 Å². The van der Waals surface area contributed by atoms with Gasteiger partial charge in [-0.25, -0.2) is 4.98 Å². The van der Waals surface area contributed by atoms with Crippen LogP contribution in [-0.2, 0) is 15.0 Å². The summed E-state index contributed by atoms with van der Waals surface area (Å²) >= 11 is 5.64. The maximum Gasteiger partial charge on any atom is 0.307 e. The van der Waals surface area contributed by atoms with Gasteiger partial charge in [-0.15, -0.1) is 3.89 Å². The number of nitrogens with zero attached hydrogens (tertiary/aromatic N) is 3. The number of carbonyl (C=O) groups is 1. The highest BCUT2D eigenvalue weighted by Gasteiger charge is 2.39. The van der Waals surface area contributed by atoms with Gasteiger partial charge in [-0.3, -0.25) is 9.69 Å². The minimum Gasteiger partial charge on any atom is -0.368 e. The summed E-state index contributed by atoms with van der Waals surface area (Å²) in [6.45, 7) is -0.315. The molecule has 1 aliphatic heterocycles. The van der Waals surface area contributed by atoms with Gasteiger partial charge in [0.25, 0.3) is 0 Å². The summed E-state index contributed by atoms with van der Waals surface area (Å²) in [5.74, 6) is -0.657. The SMILES string of the molecule is Nc1nc(Cl)cc(N2CC(S(=O)(=O)F)CC2=O)n1. The maximum atomic E-state index is 12.8. The van der Waals surface area contributed by atoms with Gasteiger partial charge in [0.05, 0.1) is 0 Å². The molecule has 1 amide bonds. The minimum atomic E-state index is -4.77. The average Bonchev–Trinajstić information content (AvgIpc) is 2.58. The van der Waals surface area contributed by atoms with Gasteiger partial charge < -0.3 is 5.73 Å². The molecule has 2 N–H and O–H groups in total. The number of carbonyl (C=O) groups excluding carboxylic acids is 1. The molecule has 1 atom stereocenters. The lowest BCUT2D eigenvalue weighted by Gasteiger charge is -2.14. The molecule has 0 aliphatic carbocycles. The van der Waals surface area contributed by atoms with Gasteiger partial charge in [0.15, 0.2) is 0 Å². The van der Waals surface area contributed by atoms with E-state index in [9.17, 15) is 17.1 Å². The van der Waals surface area contributed by atoms with Gasteiger partial charge in [0, 0.05) is 19.0 Å². The molecule has 1 aliphatic rings. The zero-order chi connectivity index (χ0) is 13.5. The molecule has 2 rings (SSSR count). The van der Waals surface area contributed by atoms with Gasteiger partial charge in [0.1, 0.15) is 16.2 Å². The van der Waals surface area contributed by atoms with Crippen molar-refractivity contribution in [1.29, 1.82) is 0 Å². The molecule has 1 aromatic heterocycles. The van der Waals surface area contributed by atoms with E-state index in [0.29, 0.717) is 0 Å². The van der Waals surface area contributed by atoms with Gasteiger partial charge >= 0.3 is 10.2 Å². The van der Waals surface area contributed by atoms with Crippen molar-refractivity contribution in [3.63, 3.8) is 0 Å². The van der Waals surface area contributed by atoms with Crippen molar-refractivity contribution in [2.24, 2.45) is 0 Å². The number of nitrogens with two attached hydrogens (primary N) is 1. The van der Waals surface area contributed by atoms with E-state index in [1.165, 1.54) is 6.07 Å². The Morgan fingerprint density at radius 3 is 2.67 bits per heavy atom. The fraction of sp³-hybridized carbons (Fsp3) is 0.375. The molecule has 0 aromatic carbocycles. The molecule has 98 valence electrons. The molecule has 10 heteroatoms. The number of rotatable bonds is 2. The lowest BCUT2D eigenvalue weighted by Crippen LogP contribution is -2.28. The molecular weight excluding hydrogens is 287 g/mol. The summed E-state index contributed by atoms with van der Waals surface area (Å²) < 4.78 is 34.3. The molecule has 18 heavy (non-hydrogen) atoms. The Morgan fingerprint density at radius 1 is 1.50 bits per heavy atom. The molecule has 1 fully saturated rings. The van der Waals surface area contributed by atoms with Crippen LogP contribution in [0.5, 0.6) is 0 Å². The summed E-state index contributed by atoms with van der Waals surface area (Å²) in [4.78, 5) is 20.0. The van der Waals surface area contributed by atoms with E-state index in [2.05, 4.69) is 9.97 Å². The number of hydrogen-bond donors (Lipinski definition) is 1. The second-order valence-corrected chi connectivity index (χ2v) is 5.72. The Hall–Kier alpha value is -1.48. The molecule has 0 saturated carbocycles. The zero-order valence-electron chi connectivity index (χ0n) is 8.88.